The molecule has 0 heterocycles. The molecule has 0 spiro atoms. The van der Waals surface area contributed by atoms with E-state index >= 15 is 0 Å². The highest BCUT2D eigenvalue weighted by Crippen LogP contribution is 2.23. The SMILES string of the molecule is CN(C)C1CCCCCC1N(C)C. The quantitative estimate of drug-likeness (QED) is 0.604. The van der Waals surface area contributed by atoms with E-state index in [1.807, 2.05) is 0 Å². The summed E-state index contributed by atoms with van der Waals surface area (Å²) in [4.78, 5) is 4.80. The monoisotopic (exact) mass is 184 g/mol. The molecule has 0 aliphatic heterocycles. The minimum atomic E-state index is 0.762. The summed E-state index contributed by atoms with van der Waals surface area (Å²) >= 11 is 0. The van der Waals surface area contributed by atoms with E-state index in [2.05, 4.69) is 38.0 Å². The van der Waals surface area contributed by atoms with Gasteiger partial charge in [0.25, 0.3) is 0 Å². The zero-order valence-corrected chi connectivity index (χ0v) is 9.58. The van der Waals surface area contributed by atoms with Crippen molar-refractivity contribution in [2.75, 3.05) is 28.2 Å². The van der Waals surface area contributed by atoms with Crippen molar-refractivity contribution >= 4 is 0 Å². The van der Waals surface area contributed by atoms with Gasteiger partial charge in [0.05, 0.1) is 0 Å². The first-order valence-corrected chi connectivity index (χ1v) is 5.46. The summed E-state index contributed by atoms with van der Waals surface area (Å²) in [6.45, 7) is 0. The standard InChI is InChI=1S/C11H24N2/c1-12(2)10-8-6-5-7-9-11(10)13(3)4/h10-11H,5-9H2,1-4H3. The van der Waals surface area contributed by atoms with Gasteiger partial charge in [-0.05, 0) is 41.0 Å². The number of nitrogens with zero attached hydrogens (tertiary/aromatic N) is 2. The van der Waals surface area contributed by atoms with Crippen LogP contribution < -0.4 is 0 Å². The summed E-state index contributed by atoms with van der Waals surface area (Å²) in [6.07, 6.45) is 6.99. The maximum atomic E-state index is 2.40. The Kier molecular flexibility index (Phi) is 4.20. The van der Waals surface area contributed by atoms with Crippen molar-refractivity contribution < 1.29 is 0 Å². The Morgan fingerprint density at radius 2 is 1.08 bits per heavy atom. The van der Waals surface area contributed by atoms with Crippen LogP contribution in [0.15, 0.2) is 0 Å². The van der Waals surface area contributed by atoms with Gasteiger partial charge in [-0.25, -0.2) is 0 Å². The Morgan fingerprint density at radius 1 is 0.692 bits per heavy atom. The highest BCUT2D eigenvalue weighted by atomic mass is 15.2. The van der Waals surface area contributed by atoms with Gasteiger partial charge < -0.3 is 9.80 Å². The second-order valence-corrected chi connectivity index (χ2v) is 4.70. The molecule has 1 fully saturated rings. The number of rotatable bonds is 2. The first-order valence-electron chi connectivity index (χ1n) is 5.46. The van der Waals surface area contributed by atoms with Gasteiger partial charge in [0.1, 0.15) is 0 Å². The predicted octanol–water partition coefficient (Wildman–Crippen LogP) is 1.81. The highest BCUT2D eigenvalue weighted by molar-refractivity contribution is 4.84. The number of hydrogen-bond donors (Lipinski definition) is 0. The maximum Gasteiger partial charge on any atom is 0.0245 e. The Hall–Kier alpha value is -0.0800. The molecule has 78 valence electrons. The molecule has 2 heteroatoms. The Balaban J connectivity index is 2.61. The van der Waals surface area contributed by atoms with Crippen LogP contribution in [-0.4, -0.2) is 50.1 Å². The fourth-order valence-corrected chi connectivity index (χ4v) is 2.47. The third-order valence-corrected chi connectivity index (χ3v) is 3.27. The molecule has 1 aliphatic rings. The van der Waals surface area contributed by atoms with E-state index in [-0.39, 0.29) is 0 Å². The van der Waals surface area contributed by atoms with Crippen LogP contribution >= 0.6 is 0 Å². The third kappa shape index (κ3) is 2.96. The average Bonchev–Trinajstić information content (AvgIpc) is 2.27. The normalized spacial score (nSPS) is 30.9. The smallest absolute Gasteiger partial charge is 0.0245 e. The molecule has 0 amide bonds. The van der Waals surface area contributed by atoms with E-state index in [4.69, 9.17) is 0 Å². The van der Waals surface area contributed by atoms with Crippen LogP contribution in [0.3, 0.4) is 0 Å². The lowest BCUT2D eigenvalue weighted by molar-refractivity contribution is 0.143. The molecular weight excluding hydrogens is 160 g/mol. The maximum absolute atomic E-state index is 2.40. The van der Waals surface area contributed by atoms with Crippen molar-refractivity contribution in [2.45, 2.75) is 44.2 Å². The Bertz CT molecular complexity index is 127. The van der Waals surface area contributed by atoms with Crippen molar-refractivity contribution in [3.63, 3.8) is 0 Å². The van der Waals surface area contributed by atoms with E-state index in [0.717, 1.165) is 12.1 Å². The Labute approximate surface area is 82.9 Å². The van der Waals surface area contributed by atoms with Gasteiger partial charge in [0, 0.05) is 12.1 Å². The van der Waals surface area contributed by atoms with Gasteiger partial charge in [-0.3, -0.25) is 0 Å². The van der Waals surface area contributed by atoms with Gasteiger partial charge in [0.2, 0.25) is 0 Å². The molecule has 0 saturated heterocycles. The van der Waals surface area contributed by atoms with Crippen LogP contribution in [0.1, 0.15) is 32.1 Å². The summed E-state index contributed by atoms with van der Waals surface area (Å²) in [5.74, 6) is 0. The molecule has 13 heavy (non-hydrogen) atoms. The second kappa shape index (κ2) is 4.97. The predicted molar refractivity (Wildman–Crippen MR) is 58.0 cm³/mol. The van der Waals surface area contributed by atoms with Crippen LogP contribution in [0.25, 0.3) is 0 Å². The molecule has 2 nitrogen and oxygen atoms in total. The summed E-state index contributed by atoms with van der Waals surface area (Å²) in [5, 5.41) is 0. The van der Waals surface area contributed by atoms with Gasteiger partial charge >= 0.3 is 0 Å². The third-order valence-electron chi connectivity index (χ3n) is 3.27. The lowest BCUT2D eigenvalue weighted by atomic mass is 10.0. The van der Waals surface area contributed by atoms with Crippen LogP contribution in [-0.2, 0) is 0 Å². The molecule has 2 unspecified atom stereocenters. The molecule has 0 aromatic carbocycles. The second-order valence-electron chi connectivity index (χ2n) is 4.70. The molecule has 0 N–H and O–H groups in total. The molecule has 0 bridgehead atoms. The first-order chi connectivity index (χ1) is 6.13. The average molecular weight is 184 g/mol. The van der Waals surface area contributed by atoms with Gasteiger partial charge in [-0.15, -0.1) is 0 Å². The summed E-state index contributed by atoms with van der Waals surface area (Å²) < 4.78 is 0. The first kappa shape index (κ1) is 11.0. The highest BCUT2D eigenvalue weighted by Gasteiger charge is 2.26. The number of likely N-dealkylation sites (N-methyl/N-ethyl adjacent to an activating group) is 2. The molecule has 1 aliphatic carbocycles. The molecular formula is C11H24N2. The van der Waals surface area contributed by atoms with E-state index in [1.54, 1.807) is 0 Å². The van der Waals surface area contributed by atoms with E-state index in [0.29, 0.717) is 0 Å². The minimum absolute atomic E-state index is 0.762. The summed E-state index contributed by atoms with van der Waals surface area (Å²) in [5.41, 5.74) is 0. The fraction of sp³-hybridized carbons (Fsp3) is 1.00. The van der Waals surface area contributed by atoms with Crippen molar-refractivity contribution in [2.24, 2.45) is 0 Å². The lowest BCUT2D eigenvalue weighted by Crippen LogP contribution is -2.46. The van der Waals surface area contributed by atoms with Crippen LogP contribution in [0.5, 0.6) is 0 Å². The molecule has 1 rings (SSSR count). The minimum Gasteiger partial charge on any atom is -0.305 e. The van der Waals surface area contributed by atoms with Gasteiger partial charge in [-0.2, -0.15) is 0 Å². The lowest BCUT2D eigenvalue weighted by Gasteiger charge is -2.35. The van der Waals surface area contributed by atoms with Crippen LogP contribution in [0.2, 0.25) is 0 Å². The van der Waals surface area contributed by atoms with Crippen molar-refractivity contribution in [3.8, 4) is 0 Å². The van der Waals surface area contributed by atoms with E-state index < -0.39 is 0 Å². The van der Waals surface area contributed by atoms with Gasteiger partial charge in [-0.1, -0.05) is 19.3 Å². The van der Waals surface area contributed by atoms with Crippen LogP contribution in [0.4, 0.5) is 0 Å². The van der Waals surface area contributed by atoms with E-state index in [9.17, 15) is 0 Å². The zero-order valence-electron chi connectivity index (χ0n) is 9.58. The molecule has 1 saturated carbocycles. The topological polar surface area (TPSA) is 6.48 Å². The molecule has 0 aromatic rings. The zero-order chi connectivity index (χ0) is 9.84. The van der Waals surface area contributed by atoms with Crippen molar-refractivity contribution in [3.05, 3.63) is 0 Å². The summed E-state index contributed by atoms with van der Waals surface area (Å²) in [6, 6.07) is 1.52. The molecule has 0 radical (unpaired) electrons. The van der Waals surface area contributed by atoms with Gasteiger partial charge in [0.15, 0.2) is 0 Å². The number of hydrogen-bond acceptors (Lipinski definition) is 2. The fourth-order valence-electron chi connectivity index (χ4n) is 2.47. The van der Waals surface area contributed by atoms with Crippen molar-refractivity contribution in [1.82, 2.24) is 9.80 Å². The largest absolute Gasteiger partial charge is 0.305 e. The Morgan fingerprint density at radius 3 is 1.38 bits per heavy atom. The molecule has 2 atom stereocenters. The molecule has 0 aromatic heterocycles. The summed E-state index contributed by atoms with van der Waals surface area (Å²) in [7, 11) is 8.86. The van der Waals surface area contributed by atoms with E-state index in [1.165, 1.54) is 32.1 Å². The van der Waals surface area contributed by atoms with Crippen molar-refractivity contribution in [1.29, 1.82) is 0 Å². The van der Waals surface area contributed by atoms with Crippen LogP contribution in [0, 0.1) is 0 Å².